The predicted molar refractivity (Wildman–Crippen MR) is 84.5 cm³/mol. The van der Waals surface area contributed by atoms with Gasteiger partial charge in [-0.15, -0.1) is 5.10 Å². The molecule has 23 heavy (non-hydrogen) atoms. The number of carbonyl (C=O) groups excluding carboxylic acids is 1. The number of fused-ring (bicyclic) bond motifs is 1. The van der Waals surface area contributed by atoms with Gasteiger partial charge < -0.3 is 0 Å². The van der Waals surface area contributed by atoms with Crippen molar-refractivity contribution in [1.82, 2.24) is 20.4 Å². The Hall–Kier alpha value is -3.09. The molecule has 3 aromatic rings. The first kappa shape index (κ1) is 14.8. The number of benzene rings is 2. The lowest BCUT2D eigenvalue weighted by atomic mass is 10.2. The Kier molecular flexibility index (Phi) is 4.09. The highest BCUT2D eigenvalue weighted by Gasteiger charge is 2.06. The highest BCUT2D eigenvalue weighted by atomic mass is 19.1. The van der Waals surface area contributed by atoms with Gasteiger partial charge in [-0.2, -0.15) is 5.10 Å². The molecule has 6 nitrogen and oxygen atoms in total. The Labute approximate surface area is 131 Å². The molecule has 0 atom stereocenters. The van der Waals surface area contributed by atoms with Crippen LogP contribution in [0.2, 0.25) is 0 Å². The third-order valence-corrected chi connectivity index (χ3v) is 3.25. The minimum Gasteiger partial charge on any atom is -0.267 e. The highest BCUT2D eigenvalue weighted by Crippen LogP contribution is 2.09. The van der Waals surface area contributed by atoms with Crippen LogP contribution in [-0.2, 0) is 6.54 Å². The second-order valence-electron chi connectivity index (χ2n) is 5.03. The van der Waals surface area contributed by atoms with Crippen molar-refractivity contribution in [3.63, 3.8) is 0 Å². The third-order valence-electron chi connectivity index (χ3n) is 3.25. The number of carbonyl (C=O) groups is 1. The zero-order chi connectivity index (χ0) is 16.2. The monoisotopic (exact) mass is 311 g/mol. The van der Waals surface area contributed by atoms with Gasteiger partial charge in [0.2, 0.25) is 0 Å². The maximum absolute atomic E-state index is 12.8. The highest BCUT2D eigenvalue weighted by molar-refractivity contribution is 5.95. The first-order valence-electron chi connectivity index (χ1n) is 7.01. The van der Waals surface area contributed by atoms with Gasteiger partial charge in [-0.1, -0.05) is 17.3 Å². The number of halogens is 1. The lowest BCUT2D eigenvalue weighted by Gasteiger charge is -2.04. The van der Waals surface area contributed by atoms with E-state index in [1.165, 1.54) is 24.3 Å². The molecule has 1 amide bonds. The van der Waals surface area contributed by atoms with E-state index < -0.39 is 5.91 Å². The van der Waals surface area contributed by atoms with E-state index in [0.717, 1.165) is 11.0 Å². The number of rotatable bonds is 4. The molecule has 0 aliphatic carbocycles. The number of hydrogen-bond acceptors (Lipinski definition) is 4. The zero-order valence-corrected chi connectivity index (χ0v) is 12.4. The fourth-order valence-electron chi connectivity index (χ4n) is 2.10. The van der Waals surface area contributed by atoms with Crippen LogP contribution in [0.3, 0.4) is 0 Å². The molecular formula is C16H14FN5O. The standard InChI is InChI=1S/C16H14FN5O/c1-11(10-22-15-5-3-2-4-14(15)19-21-22)18-20-16(23)12-6-8-13(17)9-7-12/h2-9H,10H2,1H3,(H,20,23)/b18-11-. The molecule has 0 radical (unpaired) electrons. The molecule has 0 spiro atoms. The molecule has 7 heteroatoms. The van der Waals surface area contributed by atoms with E-state index >= 15 is 0 Å². The fourth-order valence-corrected chi connectivity index (χ4v) is 2.10. The molecule has 1 N–H and O–H groups in total. The summed E-state index contributed by atoms with van der Waals surface area (Å²) in [6.45, 7) is 2.19. The molecular weight excluding hydrogens is 297 g/mol. The number of amides is 1. The normalized spacial score (nSPS) is 11.7. The summed E-state index contributed by atoms with van der Waals surface area (Å²) in [5.41, 5.74) is 5.15. The van der Waals surface area contributed by atoms with Crippen molar-refractivity contribution in [2.75, 3.05) is 0 Å². The van der Waals surface area contributed by atoms with Crippen molar-refractivity contribution in [3.8, 4) is 0 Å². The van der Waals surface area contributed by atoms with E-state index in [0.29, 0.717) is 17.8 Å². The first-order valence-corrected chi connectivity index (χ1v) is 7.01. The molecule has 1 aromatic heterocycles. The lowest BCUT2D eigenvalue weighted by Crippen LogP contribution is -2.20. The summed E-state index contributed by atoms with van der Waals surface area (Å²) < 4.78 is 14.5. The van der Waals surface area contributed by atoms with Crippen LogP contribution in [0, 0.1) is 5.82 Å². The molecule has 0 saturated heterocycles. The Morgan fingerprint density at radius 2 is 1.96 bits per heavy atom. The fraction of sp³-hybridized carbons (Fsp3) is 0.125. The van der Waals surface area contributed by atoms with Gasteiger partial charge in [0.25, 0.3) is 5.91 Å². The molecule has 2 aromatic carbocycles. The van der Waals surface area contributed by atoms with E-state index in [1.807, 2.05) is 24.3 Å². The number of para-hydroxylation sites is 1. The Bertz CT molecular complexity index is 870. The Balaban J connectivity index is 1.68. The minimum atomic E-state index is -0.396. The summed E-state index contributed by atoms with van der Waals surface area (Å²) in [6, 6.07) is 12.9. The molecule has 0 aliphatic heterocycles. The van der Waals surface area contributed by atoms with Gasteiger partial charge in [0.1, 0.15) is 11.3 Å². The quantitative estimate of drug-likeness (QED) is 0.594. The van der Waals surface area contributed by atoms with Gasteiger partial charge in [0.05, 0.1) is 17.8 Å². The van der Waals surface area contributed by atoms with Crippen LogP contribution in [0.15, 0.2) is 53.6 Å². The van der Waals surface area contributed by atoms with Crippen molar-refractivity contribution in [3.05, 3.63) is 59.9 Å². The van der Waals surface area contributed by atoms with E-state index in [4.69, 9.17) is 0 Å². The first-order chi connectivity index (χ1) is 11.1. The van der Waals surface area contributed by atoms with Crippen LogP contribution in [-0.4, -0.2) is 26.6 Å². The molecule has 3 rings (SSSR count). The lowest BCUT2D eigenvalue weighted by molar-refractivity contribution is 0.0954. The summed E-state index contributed by atoms with van der Waals surface area (Å²) in [5.74, 6) is -0.785. The number of aromatic nitrogens is 3. The van der Waals surface area contributed by atoms with E-state index in [1.54, 1.807) is 11.6 Å². The molecule has 1 heterocycles. The predicted octanol–water partition coefficient (Wildman–Crippen LogP) is 2.38. The van der Waals surface area contributed by atoms with Crippen LogP contribution in [0.5, 0.6) is 0 Å². The summed E-state index contributed by atoms with van der Waals surface area (Å²) in [5, 5.41) is 12.2. The third kappa shape index (κ3) is 3.39. The van der Waals surface area contributed by atoms with Gasteiger partial charge in [-0.3, -0.25) is 4.79 Å². The van der Waals surface area contributed by atoms with Gasteiger partial charge in [0, 0.05) is 5.56 Å². The van der Waals surface area contributed by atoms with Crippen molar-refractivity contribution < 1.29 is 9.18 Å². The van der Waals surface area contributed by atoms with Gasteiger partial charge in [-0.05, 0) is 43.3 Å². The summed E-state index contributed by atoms with van der Waals surface area (Å²) in [4.78, 5) is 11.9. The van der Waals surface area contributed by atoms with E-state index in [2.05, 4.69) is 20.8 Å². The smallest absolute Gasteiger partial charge is 0.267 e. The average Bonchev–Trinajstić information content (AvgIpc) is 2.96. The minimum absolute atomic E-state index is 0.342. The summed E-state index contributed by atoms with van der Waals surface area (Å²) >= 11 is 0. The van der Waals surface area contributed by atoms with Crippen molar-refractivity contribution in [2.24, 2.45) is 5.10 Å². The van der Waals surface area contributed by atoms with Gasteiger partial charge in [-0.25, -0.2) is 14.5 Å². The molecule has 0 unspecified atom stereocenters. The van der Waals surface area contributed by atoms with Gasteiger partial charge >= 0.3 is 0 Å². The maximum atomic E-state index is 12.8. The topological polar surface area (TPSA) is 72.2 Å². The van der Waals surface area contributed by atoms with E-state index in [-0.39, 0.29) is 5.82 Å². The summed E-state index contributed by atoms with van der Waals surface area (Å²) in [7, 11) is 0. The van der Waals surface area contributed by atoms with E-state index in [9.17, 15) is 9.18 Å². The number of nitrogens with one attached hydrogen (secondary N) is 1. The second-order valence-corrected chi connectivity index (χ2v) is 5.03. The van der Waals surface area contributed by atoms with Crippen LogP contribution in [0.4, 0.5) is 4.39 Å². The average molecular weight is 311 g/mol. The molecule has 116 valence electrons. The van der Waals surface area contributed by atoms with Crippen molar-refractivity contribution in [2.45, 2.75) is 13.5 Å². The molecule has 0 saturated carbocycles. The Morgan fingerprint density at radius 3 is 2.74 bits per heavy atom. The van der Waals surface area contributed by atoms with Crippen molar-refractivity contribution in [1.29, 1.82) is 0 Å². The molecule has 0 bridgehead atoms. The van der Waals surface area contributed by atoms with Crippen LogP contribution in [0.25, 0.3) is 11.0 Å². The second kappa shape index (κ2) is 6.35. The number of hydrogen-bond donors (Lipinski definition) is 1. The SMILES string of the molecule is C/C(Cn1nnc2ccccc21)=N/NC(=O)c1ccc(F)cc1. The summed E-state index contributed by atoms with van der Waals surface area (Å²) in [6.07, 6.45) is 0. The molecule has 0 aliphatic rings. The van der Waals surface area contributed by atoms with Crippen molar-refractivity contribution >= 4 is 22.7 Å². The zero-order valence-electron chi connectivity index (χ0n) is 12.4. The number of nitrogens with zero attached hydrogens (tertiary/aromatic N) is 4. The van der Waals surface area contributed by atoms with Crippen LogP contribution >= 0.6 is 0 Å². The number of hydrazone groups is 1. The van der Waals surface area contributed by atoms with Gasteiger partial charge in [0.15, 0.2) is 0 Å². The van der Waals surface area contributed by atoms with Crippen LogP contribution in [0.1, 0.15) is 17.3 Å². The maximum Gasteiger partial charge on any atom is 0.271 e. The molecule has 0 fully saturated rings. The van der Waals surface area contributed by atoms with Crippen LogP contribution < -0.4 is 5.43 Å². The largest absolute Gasteiger partial charge is 0.271 e. The Morgan fingerprint density at radius 1 is 1.22 bits per heavy atom.